The molecule has 2 heterocycles. The molecule has 10 heteroatoms. The van der Waals surface area contributed by atoms with E-state index in [9.17, 15) is 19.7 Å². The molecule has 9 nitrogen and oxygen atoms in total. The van der Waals surface area contributed by atoms with Gasteiger partial charge in [0.05, 0.1) is 22.4 Å². The number of nitro groups is 1. The van der Waals surface area contributed by atoms with E-state index < -0.39 is 10.7 Å². The molecule has 0 unspecified atom stereocenters. The van der Waals surface area contributed by atoms with Gasteiger partial charge < -0.3 is 9.32 Å². The SMILES string of the molecule is C[C@@H](c1cccc([N+](=O)[O-])c1)N(C)C(=O)CCn1nc(-c2cccs2)oc1=O. The van der Waals surface area contributed by atoms with E-state index in [0.29, 0.717) is 5.56 Å². The van der Waals surface area contributed by atoms with Gasteiger partial charge in [-0.3, -0.25) is 14.9 Å². The number of nitro benzene ring substituents is 1. The summed E-state index contributed by atoms with van der Waals surface area (Å²) in [5.74, 6) is -0.608. The van der Waals surface area contributed by atoms with Crippen LogP contribution in [0.25, 0.3) is 10.8 Å². The molecule has 2 aromatic heterocycles. The number of benzene rings is 1. The topological polar surface area (TPSA) is 111 Å². The van der Waals surface area contributed by atoms with Crippen molar-refractivity contribution in [1.29, 1.82) is 0 Å². The first-order valence-electron chi connectivity index (χ1n) is 8.48. The summed E-state index contributed by atoms with van der Waals surface area (Å²) in [5, 5.41) is 16.9. The average molecular weight is 402 g/mol. The molecule has 0 bridgehead atoms. The minimum absolute atomic E-state index is 0.0274. The predicted molar refractivity (Wildman–Crippen MR) is 103 cm³/mol. The first-order chi connectivity index (χ1) is 13.4. The van der Waals surface area contributed by atoms with Gasteiger partial charge in [-0.15, -0.1) is 16.4 Å². The van der Waals surface area contributed by atoms with Crippen molar-refractivity contribution in [3.63, 3.8) is 0 Å². The van der Waals surface area contributed by atoms with Gasteiger partial charge in [0, 0.05) is 25.6 Å². The lowest BCUT2D eigenvalue weighted by atomic mass is 10.1. The largest absolute Gasteiger partial charge is 0.437 e. The van der Waals surface area contributed by atoms with Crippen LogP contribution < -0.4 is 5.76 Å². The third kappa shape index (κ3) is 4.17. The van der Waals surface area contributed by atoms with Crippen LogP contribution in [0.5, 0.6) is 0 Å². The Labute approximate surface area is 164 Å². The van der Waals surface area contributed by atoms with E-state index in [1.165, 1.54) is 28.4 Å². The number of carbonyl (C=O) groups excluding carboxylic acids is 1. The third-order valence-electron chi connectivity index (χ3n) is 4.41. The highest BCUT2D eigenvalue weighted by Crippen LogP contribution is 2.24. The fraction of sp³-hybridized carbons (Fsp3) is 0.278. The second-order valence-corrected chi connectivity index (χ2v) is 7.10. The number of aryl methyl sites for hydroxylation is 1. The Morgan fingerprint density at radius 3 is 2.86 bits per heavy atom. The number of non-ortho nitro benzene ring substituents is 1. The van der Waals surface area contributed by atoms with Gasteiger partial charge in [-0.2, -0.15) is 4.68 Å². The lowest BCUT2D eigenvalue weighted by molar-refractivity contribution is -0.384. The molecule has 1 aromatic carbocycles. The van der Waals surface area contributed by atoms with E-state index in [1.54, 1.807) is 32.2 Å². The van der Waals surface area contributed by atoms with Gasteiger partial charge >= 0.3 is 5.76 Å². The highest BCUT2D eigenvalue weighted by molar-refractivity contribution is 7.13. The normalized spacial score (nSPS) is 11.9. The van der Waals surface area contributed by atoms with Crippen molar-refractivity contribution in [3.8, 4) is 10.8 Å². The molecule has 0 aliphatic carbocycles. The summed E-state index contributed by atoms with van der Waals surface area (Å²) in [6.07, 6.45) is 0.0477. The van der Waals surface area contributed by atoms with Crippen molar-refractivity contribution < 1.29 is 14.1 Å². The molecule has 0 spiro atoms. The van der Waals surface area contributed by atoms with Crippen LogP contribution in [0.15, 0.2) is 51.0 Å². The zero-order chi connectivity index (χ0) is 20.3. The van der Waals surface area contributed by atoms with Crippen LogP contribution in [0.4, 0.5) is 5.69 Å². The van der Waals surface area contributed by atoms with Crippen molar-refractivity contribution in [1.82, 2.24) is 14.7 Å². The summed E-state index contributed by atoms with van der Waals surface area (Å²) < 4.78 is 6.25. The van der Waals surface area contributed by atoms with Gasteiger partial charge in [0.1, 0.15) is 0 Å². The Bertz CT molecular complexity index is 1040. The third-order valence-corrected chi connectivity index (χ3v) is 5.27. The van der Waals surface area contributed by atoms with E-state index >= 15 is 0 Å². The van der Waals surface area contributed by atoms with Crippen molar-refractivity contribution in [2.75, 3.05) is 7.05 Å². The minimum Gasteiger partial charge on any atom is -0.387 e. The van der Waals surface area contributed by atoms with Crippen LogP contribution in [0, 0.1) is 10.1 Å². The predicted octanol–water partition coefficient (Wildman–Crippen LogP) is 3.08. The van der Waals surface area contributed by atoms with Crippen LogP contribution in [0.3, 0.4) is 0 Å². The quantitative estimate of drug-likeness (QED) is 0.443. The fourth-order valence-corrected chi connectivity index (χ4v) is 3.31. The number of rotatable bonds is 7. The van der Waals surface area contributed by atoms with Crippen molar-refractivity contribution in [2.45, 2.75) is 25.9 Å². The van der Waals surface area contributed by atoms with Crippen LogP contribution in [0.1, 0.15) is 24.9 Å². The number of hydrogen-bond acceptors (Lipinski definition) is 7. The fourth-order valence-electron chi connectivity index (χ4n) is 2.66. The molecule has 0 radical (unpaired) electrons. The molecule has 3 rings (SSSR count). The van der Waals surface area contributed by atoms with Crippen molar-refractivity contribution in [2.24, 2.45) is 0 Å². The van der Waals surface area contributed by atoms with Gasteiger partial charge in [-0.05, 0) is 23.9 Å². The zero-order valence-corrected chi connectivity index (χ0v) is 16.1. The van der Waals surface area contributed by atoms with Gasteiger partial charge in [0.25, 0.3) is 11.6 Å². The number of aromatic nitrogens is 2. The molecule has 0 N–H and O–H groups in total. The molecule has 146 valence electrons. The Hall–Kier alpha value is -3.27. The van der Waals surface area contributed by atoms with Gasteiger partial charge in [0.2, 0.25) is 5.91 Å². The average Bonchev–Trinajstić information content (AvgIpc) is 3.34. The second kappa shape index (κ2) is 8.17. The van der Waals surface area contributed by atoms with Crippen LogP contribution in [0.2, 0.25) is 0 Å². The van der Waals surface area contributed by atoms with Crippen molar-refractivity contribution in [3.05, 3.63) is 68.0 Å². The molecule has 1 atom stereocenters. The van der Waals surface area contributed by atoms with Gasteiger partial charge in [0.15, 0.2) is 0 Å². The summed E-state index contributed by atoms with van der Waals surface area (Å²) in [4.78, 5) is 37.1. The van der Waals surface area contributed by atoms with E-state index in [1.807, 2.05) is 11.4 Å². The van der Waals surface area contributed by atoms with E-state index in [0.717, 1.165) is 9.56 Å². The van der Waals surface area contributed by atoms with Crippen LogP contribution in [-0.4, -0.2) is 32.6 Å². The number of carbonyl (C=O) groups is 1. The van der Waals surface area contributed by atoms with Crippen LogP contribution >= 0.6 is 11.3 Å². The summed E-state index contributed by atoms with van der Waals surface area (Å²) in [6, 6.07) is 9.43. The maximum Gasteiger partial charge on any atom is 0.437 e. The lowest BCUT2D eigenvalue weighted by Crippen LogP contribution is -2.31. The summed E-state index contributed by atoms with van der Waals surface area (Å²) in [7, 11) is 1.62. The number of amides is 1. The molecule has 3 aromatic rings. The molecular formula is C18H18N4O5S. The smallest absolute Gasteiger partial charge is 0.387 e. The standard InChI is InChI=1S/C18H18N4O5S/c1-12(13-5-3-6-14(11-13)22(25)26)20(2)16(23)8-9-21-18(24)27-17(19-21)15-7-4-10-28-15/h3-7,10-12H,8-9H2,1-2H3/t12-/m0/s1. The minimum atomic E-state index is -0.620. The Balaban J connectivity index is 1.65. The molecule has 0 saturated heterocycles. The highest BCUT2D eigenvalue weighted by Gasteiger charge is 2.20. The maximum atomic E-state index is 12.5. The first kappa shape index (κ1) is 19.5. The molecule has 28 heavy (non-hydrogen) atoms. The van der Waals surface area contributed by atoms with E-state index in [2.05, 4.69) is 5.10 Å². The van der Waals surface area contributed by atoms with Crippen LogP contribution in [-0.2, 0) is 11.3 Å². The highest BCUT2D eigenvalue weighted by atomic mass is 32.1. The number of nitrogens with zero attached hydrogens (tertiary/aromatic N) is 4. The Kier molecular flexibility index (Phi) is 5.69. The monoisotopic (exact) mass is 402 g/mol. The molecule has 0 aliphatic rings. The van der Waals surface area contributed by atoms with E-state index in [4.69, 9.17) is 4.42 Å². The van der Waals surface area contributed by atoms with E-state index in [-0.39, 0.29) is 36.5 Å². The second-order valence-electron chi connectivity index (χ2n) is 6.16. The molecular weight excluding hydrogens is 384 g/mol. The Morgan fingerprint density at radius 1 is 1.39 bits per heavy atom. The number of thiophene rings is 1. The lowest BCUT2D eigenvalue weighted by Gasteiger charge is -2.25. The summed E-state index contributed by atoms with van der Waals surface area (Å²) >= 11 is 1.40. The maximum absolute atomic E-state index is 12.5. The molecule has 1 amide bonds. The Morgan fingerprint density at radius 2 is 2.18 bits per heavy atom. The summed E-state index contributed by atoms with van der Waals surface area (Å²) in [6.45, 7) is 1.87. The number of hydrogen-bond donors (Lipinski definition) is 0. The van der Waals surface area contributed by atoms with Gasteiger partial charge in [-0.1, -0.05) is 18.2 Å². The summed E-state index contributed by atoms with van der Waals surface area (Å²) in [5.41, 5.74) is 0.629. The molecule has 0 fully saturated rings. The van der Waals surface area contributed by atoms with Gasteiger partial charge in [-0.25, -0.2) is 4.79 Å². The first-order valence-corrected chi connectivity index (χ1v) is 9.36. The van der Waals surface area contributed by atoms with Crippen molar-refractivity contribution >= 4 is 22.9 Å². The molecule has 0 saturated carbocycles. The zero-order valence-electron chi connectivity index (χ0n) is 15.3. The molecule has 0 aliphatic heterocycles.